The van der Waals surface area contributed by atoms with Crippen LogP contribution >= 0.6 is 0 Å². The van der Waals surface area contributed by atoms with Gasteiger partial charge in [-0.2, -0.15) is 0 Å². The highest BCUT2D eigenvalue weighted by molar-refractivity contribution is 5.83. The second kappa shape index (κ2) is 11.8. The molecule has 2 unspecified atom stereocenters. The van der Waals surface area contributed by atoms with Crippen molar-refractivity contribution in [1.82, 2.24) is 15.1 Å². The molecule has 0 saturated carbocycles. The van der Waals surface area contributed by atoms with Crippen LogP contribution in [0.25, 0.3) is 0 Å². The van der Waals surface area contributed by atoms with Crippen molar-refractivity contribution < 1.29 is 14.3 Å². The van der Waals surface area contributed by atoms with Crippen LogP contribution in [0.15, 0.2) is 54.6 Å². The zero-order valence-electron chi connectivity index (χ0n) is 18.9. The van der Waals surface area contributed by atoms with E-state index in [4.69, 9.17) is 9.47 Å². The summed E-state index contributed by atoms with van der Waals surface area (Å²) in [5.41, 5.74) is 2.19. The Morgan fingerprint density at radius 1 is 1.03 bits per heavy atom. The number of methoxy groups -OCH3 is 1. The van der Waals surface area contributed by atoms with E-state index in [1.165, 1.54) is 5.56 Å². The quantitative estimate of drug-likeness (QED) is 0.633. The summed E-state index contributed by atoms with van der Waals surface area (Å²) in [6, 6.07) is 18.0. The highest BCUT2D eigenvalue weighted by atomic mass is 16.5. The molecule has 1 fully saturated rings. The SMILES string of the molecule is CCN(CC)C(C(=O)NCC(c1ccc(OC)cc1)N1CCOCC1)c1ccccc1. The average molecular weight is 426 g/mol. The molecule has 0 bridgehead atoms. The van der Waals surface area contributed by atoms with E-state index < -0.39 is 0 Å². The molecule has 1 amide bonds. The predicted molar refractivity (Wildman–Crippen MR) is 123 cm³/mol. The summed E-state index contributed by atoms with van der Waals surface area (Å²) in [6.45, 7) is 9.51. The van der Waals surface area contributed by atoms with E-state index in [9.17, 15) is 4.79 Å². The first kappa shape index (κ1) is 23.3. The highest BCUT2D eigenvalue weighted by Crippen LogP contribution is 2.25. The highest BCUT2D eigenvalue weighted by Gasteiger charge is 2.28. The van der Waals surface area contributed by atoms with E-state index in [-0.39, 0.29) is 18.0 Å². The van der Waals surface area contributed by atoms with Gasteiger partial charge in [-0.3, -0.25) is 14.6 Å². The molecule has 2 aromatic carbocycles. The van der Waals surface area contributed by atoms with Crippen LogP contribution in [-0.2, 0) is 9.53 Å². The molecule has 0 radical (unpaired) electrons. The van der Waals surface area contributed by atoms with Gasteiger partial charge in [-0.05, 0) is 36.3 Å². The standard InChI is InChI=1S/C25H35N3O3/c1-4-27(5-2)24(21-9-7-6-8-10-21)25(29)26-19-23(28-15-17-31-18-16-28)20-11-13-22(30-3)14-12-20/h6-14,23-24H,4-5,15-19H2,1-3H3,(H,26,29). The minimum Gasteiger partial charge on any atom is -0.497 e. The lowest BCUT2D eigenvalue weighted by Crippen LogP contribution is -2.46. The summed E-state index contributed by atoms with van der Waals surface area (Å²) in [7, 11) is 1.67. The number of carbonyl (C=O) groups is 1. The van der Waals surface area contributed by atoms with Gasteiger partial charge in [-0.1, -0.05) is 56.3 Å². The first-order chi connectivity index (χ1) is 15.2. The Kier molecular flexibility index (Phi) is 8.88. The first-order valence-corrected chi connectivity index (χ1v) is 11.2. The molecule has 2 atom stereocenters. The van der Waals surface area contributed by atoms with Crippen LogP contribution in [0.3, 0.4) is 0 Å². The van der Waals surface area contributed by atoms with Gasteiger partial charge < -0.3 is 14.8 Å². The van der Waals surface area contributed by atoms with E-state index in [2.05, 4.69) is 41.1 Å². The summed E-state index contributed by atoms with van der Waals surface area (Å²) in [6.07, 6.45) is 0. The van der Waals surface area contributed by atoms with Crippen molar-refractivity contribution in [2.24, 2.45) is 0 Å². The molecule has 3 rings (SSSR count). The van der Waals surface area contributed by atoms with E-state index in [0.29, 0.717) is 19.8 Å². The van der Waals surface area contributed by atoms with Gasteiger partial charge in [0.2, 0.25) is 5.91 Å². The molecule has 6 nitrogen and oxygen atoms in total. The van der Waals surface area contributed by atoms with Crippen molar-refractivity contribution in [2.45, 2.75) is 25.9 Å². The van der Waals surface area contributed by atoms with Crippen LogP contribution in [0.5, 0.6) is 5.75 Å². The van der Waals surface area contributed by atoms with Crippen LogP contribution in [0.1, 0.15) is 37.1 Å². The molecule has 1 aliphatic heterocycles. The van der Waals surface area contributed by atoms with Gasteiger partial charge in [0.1, 0.15) is 11.8 Å². The van der Waals surface area contributed by atoms with Crippen LogP contribution in [-0.4, -0.2) is 68.8 Å². The van der Waals surface area contributed by atoms with Crippen LogP contribution in [0.2, 0.25) is 0 Å². The fourth-order valence-electron chi connectivity index (χ4n) is 4.22. The molecular weight excluding hydrogens is 390 g/mol. The maximum Gasteiger partial charge on any atom is 0.242 e. The number of likely N-dealkylation sites (N-methyl/N-ethyl adjacent to an activating group) is 1. The van der Waals surface area contributed by atoms with Gasteiger partial charge in [0.25, 0.3) is 0 Å². The number of morpholine rings is 1. The lowest BCUT2D eigenvalue weighted by atomic mass is 10.0. The second-order valence-corrected chi connectivity index (χ2v) is 7.72. The van der Waals surface area contributed by atoms with E-state index in [1.807, 2.05) is 42.5 Å². The van der Waals surface area contributed by atoms with Crippen molar-refractivity contribution in [1.29, 1.82) is 0 Å². The fraction of sp³-hybridized carbons (Fsp3) is 0.480. The van der Waals surface area contributed by atoms with Crippen molar-refractivity contribution in [3.63, 3.8) is 0 Å². The molecule has 2 aromatic rings. The largest absolute Gasteiger partial charge is 0.497 e. The number of rotatable bonds is 10. The van der Waals surface area contributed by atoms with Crippen LogP contribution in [0, 0.1) is 0 Å². The summed E-state index contributed by atoms with van der Waals surface area (Å²) in [5, 5.41) is 3.26. The molecule has 6 heteroatoms. The van der Waals surface area contributed by atoms with Crippen molar-refractivity contribution in [3.05, 3.63) is 65.7 Å². The normalized spacial score (nSPS) is 16.6. The number of hydrogen-bond donors (Lipinski definition) is 1. The lowest BCUT2D eigenvalue weighted by molar-refractivity contribution is -0.127. The number of amides is 1. The zero-order chi connectivity index (χ0) is 22.1. The van der Waals surface area contributed by atoms with E-state index in [1.54, 1.807) is 7.11 Å². The van der Waals surface area contributed by atoms with Crippen molar-refractivity contribution in [2.75, 3.05) is 53.0 Å². The molecule has 168 valence electrons. The van der Waals surface area contributed by atoms with Gasteiger partial charge >= 0.3 is 0 Å². The minimum absolute atomic E-state index is 0.0432. The fourth-order valence-corrected chi connectivity index (χ4v) is 4.22. The molecule has 1 heterocycles. The van der Waals surface area contributed by atoms with E-state index in [0.717, 1.165) is 37.5 Å². The number of nitrogens with zero attached hydrogens (tertiary/aromatic N) is 2. The van der Waals surface area contributed by atoms with Gasteiger partial charge in [0, 0.05) is 19.6 Å². The monoisotopic (exact) mass is 425 g/mol. The molecule has 1 aliphatic rings. The first-order valence-electron chi connectivity index (χ1n) is 11.2. The number of nitrogens with one attached hydrogen (secondary N) is 1. The third-order valence-corrected chi connectivity index (χ3v) is 6.00. The van der Waals surface area contributed by atoms with Crippen molar-refractivity contribution >= 4 is 5.91 Å². The number of hydrogen-bond acceptors (Lipinski definition) is 5. The number of carbonyl (C=O) groups excluding carboxylic acids is 1. The summed E-state index contributed by atoms with van der Waals surface area (Å²) >= 11 is 0. The van der Waals surface area contributed by atoms with Gasteiger partial charge in [-0.15, -0.1) is 0 Å². The van der Waals surface area contributed by atoms with Gasteiger partial charge in [0.05, 0.1) is 26.4 Å². The third kappa shape index (κ3) is 6.06. The third-order valence-electron chi connectivity index (χ3n) is 6.00. The second-order valence-electron chi connectivity index (χ2n) is 7.72. The molecule has 0 aliphatic carbocycles. The Morgan fingerprint density at radius 3 is 2.26 bits per heavy atom. The Bertz CT molecular complexity index is 787. The number of ether oxygens (including phenoxy) is 2. The summed E-state index contributed by atoms with van der Waals surface area (Å²) in [4.78, 5) is 18.0. The Balaban J connectivity index is 1.78. The summed E-state index contributed by atoms with van der Waals surface area (Å²) < 4.78 is 10.9. The molecule has 1 N–H and O–H groups in total. The van der Waals surface area contributed by atoms with E-state index >= 15 is 0 Å². The predicted octanol–water partition coefficient (Wildman–Crippen LogP) is 3.27. The molecular formula is C25H35N3O3. The van der Waals surface area contributed by atoms with Crippen LogP contribution in [0.4, 0.5) is 0 Å². The molecule has 1 saturated heterocycles. The van der Waals surface area contributed by atoms with Crippen LogP contribution < -0.4 is 10.1 Å². The lowest BCUT2D eigenvalue weighted by Gasteiger charge is -2.36. The van der Waals surface area contributed by atoms with Gasteiger partial charge in [-0.25, -0.2) is 0 Å². The Labute approximate surface area is 186 Å². The Hall–Kier alpha value is -2.41. The topological polar surface area (TPSA) is 54.0 Å². The summed E-state index contributed by atoms with van der Waals surface area (Å²) in [5.74, 6) is 0.876. The number of benzene rings is 2. The maximum atomic E-state index is 13.4. The minimum atomic E-state index is -0.294. The zero-order valence-corrected chi connectivity index (χ0v) is 18.9. The Morgan fingerprint density at radius 2 is 1.68 bits per heavy atom. The smallest absolute Gasteiger partial charge is 0.242 e. The molecule has 0 aromatic heterocycles. The molecule has 31 heavy (non-hydrogen) atoms. The molecule has 0 spiro atoms. The maximum absolute atomic E-state index is 13.4. The van der Waals surface area contributed by atoms with Gasteiger partial charge in [0.15, 0.2) is 0 Å². The average Bonchev–Trinajstić information content (AvgIpc) is 2.84. The van der Waals surface area contributed by atoms with Crippen molar-refractivity contribution in [3.8, 4) is 5.75 Å².